The fraction of sp³-hybridized carbons (Fsp3) is 0.533. The molecule has 12 heteroatoms. The van der Waals surface area contributed by atoms with Gasteiger partial charge in [-0.15, -0.1) is 0 Å². The molecule has 2 fully saturated rings. The minimum atomic E-state index is -3.91. The number of nitrogens with two attached hydrogens (primary N) is 1. The van der Waals surface area contributed by atoms with E-state index in [9.17, 15) is 28.4 Å². The van der Waals surface area contributed by atoms with Crippen LogP contribution in [0.2, 0.25) is 0 Å². The van der Waals surface area contributed by atoms with Gasteiger partial charge in [0.1, 0.15) is 11.7 Å². The lowest BCUT2D eigenvalue weighted by Crippen LogP contribution is -2.41. The lowest BCUT2D eigenvalue weighted by atomic mass is 10.1. The maximum atomic E-state index is 12.7. The number of β-amino-alcohol motifs (C(OH)–C–C–N with tert-alkyl or cyclic N) is 1. The van der Waals surface area contributed by atoms with E-state index in [4.69, 9.17) is 10.5 Å². The molecule has 3 N–H and O–H groups in total. The van der Waals surface area contributed by atoms with Crippen LogP contribution in [0.15, 0.2) is 23.1 Å². The molecule has 1 amide bonds. The third-order valence-corrected chi connectivity index (χ3v) is 6.56. The Morgan fingerprint density at radius 1 is 1.33 bits per heavy atom. The van der Waals surface area contributed by atoms with Gasteiger partial charge in [0.25, 0.3) is 5.69 Å². The van der Waals surface area contributed by atoms with Gasteiger partial charge in [0, 0.05) is 32.1 Å². The highest BCUT2D eigenvalue weighted by atomic mass is 32.2. The molecule has 148 valence electrons. The summed E-state index contributed by atoms with van der Waals surface area (Å²) in [5.74, 6) is -0.717. The number of hydrogen-bond donors (Lipinski definition) is 2. The average Bonchev–Trinajstić information content (AvgIpc) is 3.04. The number of nitro benzene ring substituents is 1. The summed E-state index contributed by atoms with van der Waals surface area (Å²) in [7, 11) is -3.91. The number of carbonyl (C=O) groups excluding carboxylic acids is 1. The second-order valence-corrected chi connectivity index (χ2v) is 8.32. The van der Waals surface area contributed by atoms with Crippen molar-refractivity contribution in [1.82, 2.24) is 4.31 Å². The SMILES string of the molecule is NC(=O)[C@@H]1C[C@H](O)CN1c1ccc(S(=O)(=O)N2CCOCC2)cc1[N+](=O)[O-]. The summed E-state index contributed by atoms with van der Waals surface area (Å²) in [6.45, 7) is 0.834. The highest BCUT2D eigenvalue weighted by molar-refractivity contribution is 7.89. The van der Waals surface area contributed by atoms with Gasteiger partial charge in [-0.1, -0.05) is 0 Å². The Morgan fingerprint density at radius 3 is 2.59 bits per heavy atom. The Hall–Kier alpha value is -2.28. The van der Waals surface area contributed by atoms with Crippen LogP contribution in [-0.2, 0) is 19.6 Å². The molecule has 1 aromatic carbocycles. The van der Waals surface area contributed by atoms with Crippen molar-refractivity contribution in [3.63, 3.8) is 0 Å². The van der Waals surface area contributed by atoms with Crippen LogP contribution in [0.4, 0.5) is 11.4 Å². The first-order chi connectivity index (χ1) is 12.7. The number of rotatable bonds is 5. The van der Waals surface area contributed by atoms with Crippen molar-refractivity contribution in [3.8, 4) is 0 Å². The first-order valence-corrected chi connectivity index (χ1v) is 9.76. The summed E-state index contributed by atoms with van der Waals surface area (Å²) in [4.78, 5) is 23.6. The summed E-state index contributed by atoms with van der Waals surface area (Å²) in [5.41, 5.74) is 4.91. The van der Waals surface area contributed by atoms with Crippen molar-refractivity contribution in [3.05, 3.63) is 28.3 Å². The number of anilines is 1. The van der Waals surface area contributed by atoms with E-state index in [1.165, 1.54) is 21.3 Å². The molecule has 3 rings (SSSR count). The molecule has 2 atom stereocenters. The largest absolute Gasteiger partial charge is 0.391 e. The number of hydrogen-bond acceptors (Lipinski definition) is 8. The molecule has 0 bridgehead atoms. The molecule has 0 saturated carbocycles. The number of nitro groups is 1. The van der Waals surface area contributed by atoms with Gasteiger partial charge < -0.3 is 20.5 Å². The smallest absolute Gasteiger partial charge is 0.293 e. The minimum absolute atomic E-state index is 0.00991. The van der Waals surface area contributed by atoms with E-state index in [2.05, 4.69) is 0 Å². The van der Waals surface area contributed by atoms with Crippen LogP contribution in [0, 0.1) is 10.1 Å². The molecular weight excluding hydrogens is 380 g/mol. The zero-order valence-corrected chi connectivity index (χ0v) is 15.2. The van der Waals surface area contributed by atoms with Crippen molar-refractivity contribution in [2.24, 2.45) is 5.73 Å². The normalized spacial score (nSPS) is 24.1. The quantitative estimate of drug-likeness (QED) is 0.473. The number of ether oxygens (including phenoxy) is 1. The molecule has 2 aliphatic heterocycles. The van der Waals surface area contributed by atoms with E-state index in [1.54, 1.807) is 0 Å². The Kier molecular flexibility index (Phi) is 5.33. The van der Waals surface area contributed by atoms with Gasteiger partial charge in [0.15, 0.2) is 0 Å². The molecule has 1 aromatic rings. The molecular formula is C15H20N4O7S. The van der Waals surface area contributed by atoms with Gasteiger partial charge in [-0.2, -0.15) is 4.31 Å². The lowest BCUT2D eigenvalue weighted by molar-refractivity contribution is -0.384. The number of carbonyl (C=O) groups is 1. The zero-order valence-electron chi connectivity index (χ0n) is 14.4. The van der Waals surface area contributed by atoms with Crippen molar-refractivity contribution >= 4 is 27.3 Å². The first-order valence-electron chi connectivity index (χ1n) is 8.32. The average molecular weight is 400 g/mol. The van der Waals surface area contributed by atoms with Gasteiger partial charge >= 0.3 is 0 Å². The third-order valence-electron chi connectivity index (χ3n) is 4.67. The van der Waals surface area contributed by atoms with Crippen LogP contribution < -0.4 is 10.6 Å². The number of morpholine rings is 1. The summed E-state index contributed by atoms with van der Waals surface area (Å²) in [5, 5.41) is 21.4. The molecule has 2 aliphatic rings. The predicted octanol–water partition coefficient (Wildman–Crippen LogP) is -0.959. The van der Waals surface area contributed by atoms with Gasteiger partial charge in [-0.25, -0.2) is 8.42 Å². The highest BCUT2D eigenvalue weighted by Crippen LogP contribution is 2.36. The number of nitrogens with zero attached hydrogens (tertiary/aromatic N) is 3. The maximum Gasteiger partial charge on any atom is 0.293 e. The first kappa shape index (κ1) is 19.5. The van der Waals surface area contributed by atoms with Crippen molar-refractivity contribution in [2.45, 2.75) is 23.5 Å². The Morgan fingerprint density at radius 2 is 2.00 bits per heavy atom. The van der Waals surface area contributed by atoms with Crippen molar-refractivity contribution in [1.29, 1.82) is 0 Å². The Balaban J connectivity index is 2.01. The summed E-state index contributed by atoms with van der Waals surface area (Å²) < 4.78 is 31.8. The van der Waals surface area contributed by atoms with Crippen molar-refractivity contribution in [2.75, 3.05) is 37.7 Å². The zero-order chi connectivity index (χ0) is 19.8. The van der Waals surface area contributed by atoms with E-state index in [1.807, 2.05) is 0 Å². The highest BCUT2D eigenvalue weighted by Gasteiger charge is 2.38. The molecule has 0 unspecified atom stereocenters. The van der Waals surface area contributed by atoms with Crippen LogP contribution in [0.1, 0.15) is 6.42 Å². The third kappa shape index (κ3) is 3.74. The molecule has 11 nitrogen and oxygen atoms in total. The number of sulfonamides is 1. The Bertz CT molecular complexity index is 854. The fourth-order valence-corrected chi connectivity index (χ4v) is 4.77. The number of amides is 1. The van der Waals surface area contributed by atoms with Gasteiger partial charge in [-0.3, -0.25) is 14.9 Å². The van der Waals surface area contributed by atoms with Gasteiger partial charge in [0.05, 0.1) is 29.1 Å². The summed E-state index contributed by atoms with van der Waals surface area (Å²) in [6.07, 6.45) is -0.806. The predicted molar refractivity (Wildman–Crippen MR) is 93.6 cm³/mol. The molecule has 0 radical (unpaired) electrons. The van der Waals surface area contributed by atoms with Crippen LogP contribution in [0.25, 0.3) is 0 Å². The van der Waals surface area contributed by atoms with Crippen LogP contribution in [0.5, 0.6) is 0 Å². The molecule has 27 heavy (non-hydrogen) atoms. The summed E-state index contributed by atoms with van der Waals surface area (Å²) in [6, 6.07) is 2.61. The molecule has 0 aromatic heterocycles. The van der Waals surface area contributed by atoms with Crippen molar-refractivity contribution < 1.29 is 28.0 Å². The number of primary amides is 1. The van der Waals surface area contributed by atoms with Crippen LogP contribution in [0.3, 0.4) is 0 Å². The molecule has 2 saturated heterocycles. The lowest BCUT2D eigenvalue weighted by Gasteiger charge is -2.27. The number of aliphatic hydroxyl groups excluding tert-OH is 1. The van der Waals surface area contributed by atoms with E-state index in [0.29, 0.717) is 0 Å². The number of benzene rings is 1. The fourth-order valence-electron chi connectivity index (χ4n) is 3.34. The summed E-state index contributed by atoms with van der Waals surface area (Å²) >= 11 is 0. The molecule has 0 spiro atoms. The minimum Gasteiger partial charge on any atom is -0.391 e. The maximum absolute atomic E-state index is 12.7. The van der Waals surface area contributed by atoms with Crippen LogP contribution in [-0.4, -0.2) is 73.7 Å². The Labute approximate surface area is 155 Å². The van der Waals surface area contributed by atoms with Crippen LogP contribution >= 0.6 is 0 Å². The topological polar surface area (TPSA) is 156 Å². The monoisotopic (exact) mass is 400 g/mol. The standard InChI is InChI=1S/C15H20N4O7S/c16-15(21)14-7-10(20)9-18(14)12-2-1-11(8-13(12)19(22)23)27(24,25)17-3-5-26-6-4-17/h1-2,8,10,14,20H,3-7,9H2,(H2,16,21)/t10-,14-/m0/s1. The van der Waals surface area contributed by atoms with E-state index < -0.39 is 38.7 Å². The number of aliphatic hydroxyl groups is 1. The van der Waals surface area contributed by atoms with E-state index in [-0.39, 0.29) is 49.9 Å². The van der Waals surface area contributed by atoms with Gasteiger partial charge in [-0.05, 0) is 12.1 Å². The van der Waals surface area contributed by atoms with E-state index >= 15 is 0 Å². The second-order valence-electron chi connectivity index (χ2n) is 6.38. The second kappa shape index (κ2) is 7.38. The van der Waals surface area contributed by atoms with E-state index in [0.717, 1.165) is 6.07 Å². The molecule has 0 aliphatic carbocycles. The molecule has 2 heterocycles. The van der Waals surface area contributed by atoms with Gasteiger partial charge in [0.2, 0.25) is 15.9 Å².